The highest BCUT2D eigenvalue weighted by Gasteiger charge is 2.52. The Labute approximate surface area is 121 Å². The van der Waals surface area contributed by atoms with Crippen molar-refractivity contribution in [1.29, 1.82) is 0 Å². The molecule has 0 bridgehead atoms. The van der Waals surface area contributed by atoms with Crippen LogP contribution in [0.3, 0.4) is 0 Å². The van der Waals surface area contributed by atoms with Crippen LogP contribution < -0.4 is 5.32 Å². The van der Waals surface area contributed by atoms with Crippen LogP contribution in [-0.2, 0) is 5.54 Å². The lowest BCUT2D eigenvalue weighted by Crippen LogP contribution is -2.07. The van der Waals surface area contributed by atoms with Crippen LogP contribution in [0.25, 0.3) is 0 Å². The summed E-state index contributed by atoms with van der Waals surface area (Å²) < 4.78 is 13.9. The van der Waals surface area contributed by atoms with Crippen LogP contribution in [0.5, 0.6) is 0 Å². The molecule has 1 aliphatic heterocycles. The van der Waals surface area contributed by atoms with Crippen LogP contribution in [0.1, 0.15) is 24.1 Å². The second kappa shape index (κ2) is 4.48. The number of rotatable bonds is 2. The van der Waals surface area contributed by atoms with Gasteiger partial charge in [-0.3, -0.25) is 5.32 Å². The van der Waals surface area contributed by atoms with Gasteiger partial charge in [0.2, 0.25) is 0 Å². The van der Waals surface area contributed by atoms with E-state index in [9.17, 15) is 4.39 Å². The number of hydrogen-bond acceptors (Lipinski definition) is 1. The molecule has 0 aliphatic carbocycles. The molecule has 0 aromatic heterocycles. The molecule has 1 heterocycles. The molecule has 1 nitrogen and oxygen atoms in total. The topological polar surface area (TPSA) is 21.9 Å². The van der Waals surface area contributed by atoms with Gasteiger partial charge in [0.15, 0.2) is 0 Å². The summed E-state index contributed by atoms with van der Waals surface area (Å²) in [7, 11) is 0. The molecule has 2 aromatic rings. The first-order valence-electron chi connectivity index (χ1n) is 5.99. The van der Waals surface area contributed by atoms with Crippen LogP contribution in [-0.4, -0.2) is 0 Å². The van der Waals surface area contributed by atoms with Gasteiger partial charge in [-0.1, -0.05) is 41.4 Å². The zero-order chi connectivity index (χ0) is 13.6. The third-order valence-corrected chi connectivity index (χ3v) is 4.14. The summed E-state index contributed by atoms with van der Waals surface area (Å²) in [5.74, 6) is -0.275. The third-order valence-electron chi connectivity index (χ3n) is 3.66. The van der Waals surface area contributed by atoms with Crippen LogP contribution in [0, 0.1) is 5.82 Å². The molecule has 19 heavy (non-hydrogen) atoms. The molecule has 0 saturated carbocycles. The van der Waals surface area contributed by atoms with E-state index in [0.29, 0.717) is 15.6 Å². The van der Waals surface area contributed by atoms with Crippen molar-refractivity contribution in [3.05, 3.63) is 69.5 Å². The summed E-state index contributed by atoms with van der Waals surface area (Å²) in [6.07, 6.45) is 0. The Balaban J connectivity index is 1.92. The van der Waals surface area contributed by atoms with E-state index in [2.05, 4.69) is 12.2 Å². The van der Waals surface area contributed by atoms with E-state index < -0.39 is 0 Å². The molecule has 98 valence electrons. The minimum Gasteiger partial charge on any atom is -0.297 e. The second-order valence-corrected chi connectivity index (χ2v) is 5.83. The van der Waals surface area contributed by atoms with Crippen molar-refractivity contribution in [2.24, 2.45) is 0 Å². The van der Waals surface area contributed by atoms with Crippen LogP contribution >= 0.6 is 23.2 Å². The SMILES string of the molecule is CC1(c2ccc(Cl)cc2)NC1c1ccc(Cl)cc1F. The minimum absolute atomic E-state index is 0.0362. The van der Waals surface area contributed by atoms with Crippen molar-refractivity contribution < 1.29 is 4.39 Å². The fourth-order valence-corrected chi connectivity index (χ4v) is 2.71. The summed E-state index contributed by atoms with van der Waals surface area (Å²) in [6.45, 7) is 2.05. The highest BCUT2D eigenvalue weighted by atomic mass is 35.5. The summed E-state index contributed by atoms with van der Waals surface area (Å²) >= 11 is 11.7. The second-order valence-electron chi connectivity index (χ2n) is 4.95. The molecule has 3 rings (SSSR count). The van der Waals surface area contributed by atoms with Crippen molar-refractivity contribution in [3.8, 4) is 0 Å². The predicted octanol–water partition coefficient (Wildman–Crippen LogP) is 4.69. The summed E-state index contributed by atoms with van der Waals surface area (Å²) in [5, 5.41) is 4.44. The first kappa shape index (κ1) is 12.9. The zero-order valence-electron chi connectivity index (χ0n) is 10.3. The van der Waals surface area contributed by atoms with Gasteiger partial charge in [-0.2, -0.15) is 0 Å². The van der Waals surface area contributed by atoms with Crippen LogP contribution in [0.4, 0.5) is 4.39 Å². The highest BCUT2D eigenvalue weighted by molar-refractivity contribution is 6.30. The smallest absolute Gasteiger partial charge is 0.129 e. The molecular formula is C15H12Cl2FN. The van der Waals surface area contributed by atoms with Crippen molar-refractivity contribution in [2.45, 2.75) is 18.5 Å². The molecule has 2 atom stereocenters. The summed E-state index contributed by atoms with van der Waals surface area (Å²) in [5.41, 5.74) is 1.48. The van der Waals surface area contributed by atoms with Gasteiger partial charge in [0.05, 0.1) is 11.6 Å². The quantitative estimate of drug-likeness (QED) is 0.798. The molecule has 2 aromatic carbocycles. The molecular weight excluding hydrogens is 284 g/mol. The van der Waals surface area contributed by atoms with Crippen molar-refractivity contribution in [3.63, 3.8) is 0 Å². The Kier molecular flexibility index (Phi) is 3.05. The number of benzene rings is 2. The monoisotopic (exact) mass is 295 g/mol. The maximum absolute atomic E-state index is 13.9. The maximum atomic E-state index is 13.9. The number of nitrogens with one attached hydrogen (secondary N) is 1. The average molecular weight is 296 g/mol. The number of hydrogen-bond donors (Lipinski definition) is 1. The lowest BCUT2D eigenvalue weighted by atomic mass is 9.93. The molecule has 0 spiro atoms. The highest BCUT2D eigenvalue weighted by Crippen LogP contribution is 2.49. The third kappa shape index (κ3) is 2.25. The molecule has 0 amide bonds. The van der Waals surface area contributed by atoms with E-state index in [1.807, 2.05) is 24.3 Å². The Morgan fingerprint density at radius 1 is 1.05 bits per heavy atom. The lowest BCUT2D eigenvalue weighted by Gasteiger charge is -2.10. The Bertz CT molecular complexity index is 627. The van der Waals surface area contributed by atoms with E-state index in [-0.39, 0.29) is 17.4 Å². The van der Waals surface area contributed by atoms with Crippen LogP contribution in [0.15, 0.2) is 42.5 Å². The molecule has 1 saturated heterocycles. The van der Waals surface area contributed by atoms with Gasteiger partial charge in [-0.05, 0) is 36.8 Å². The van der Waals surface area contributed by atoms with Crippen molar-refractivity contribution >= 4 is 23.2 Å². The van der Waals surface area contributed by atoms with Gasteiger partial charge in [-0.15, -0.1) is 0 Å². The molecule has 1 aliphatic rings. The molecule has 1 fully saturated rings. The van der Waals surface area contributed by atoms with Crippen molar-refractivity contribution in [2.75, 3.05) is 0 Å². The normalized spacial score (nSPS) is 25.4. The van der Waals surface area contributed by atoms with Crippen molar-refractivity contribution in [1.82, 2.24) is 5.32 Å². The molecule has 2 unspecified atom stereocenters. The van der Waals surface area contributed by atoms with E-state index in [1.165, 1.54) is 6.07 Å². The molecule has 1 N–H and O–H groups in total. The standard InChI is InChI=1S/C15H12Cl2FN/c1-15(9-2-4-10(16)5-3-9)14(19-15)12-7-6-11(17)8-13(12)18/h2-8,14,19H,1H3. The van der Waals surface area contributed by atoms with E-state index in [1.54, 1.807) is 12.1 Å². The van der Waals surface area contributed by atoms with Gasteiger partial charge in [0, 0.05) is 15.6 Å². The van der Waals surface area contributed by atoms with E-state index >= 15 is 0 Å². The minimum atomic E-state index is -0.275. The molecule has 0 radical (unpaired) electrons. The van der Waals surface area contributed by atoms with Crippen LogP contribution in [0.2, 0.25) is 10.0 Å². The molecule has 4 heteroatoms. The Hall–Kier alpha value is -1.09. The summed E-state index contributed by atoms with van der Waals surface area (Å²) in [6, 6.07) is 12.4. The first-order chi connectivity index (χ1) is 9.00. The largest absolute Gasteiger partial charge is 0.297 e. The maximum Gasteiger partial charge on any atom is 0.129 e. The lowest BCUT2D eigenvalue weighted by molar-refractivity contribution is 0.602. The fourth-order valence-electron chi connectivity index (χ4n) is 2.43. The predicted molar refractivity (Wildman–Crippen MR) is 76.1 cm³/mol. The zero-order valence-corrected chi connectivity index (χ0v) is 11.8. The van der Waals surface area contributed by atoms with Gasteiger partial charge >= 0.3 is 0 Å². The van der Waals surface area contributed by atoms with E-state index in [4.69, 9.17) is 23.2 Å². The average Bonchev–Trinajstić information content (AvgIpc) is 3.03. The Morgan fingerprint density at radius 2 is 1.68 bits per heavy atom. The van der Waals surface area contributed by atoms with Gasteiger partial charge in [0.1, 0.15) is 5.82 Å². The summed E-state index contributed by atoms with van der Waals surface area (Å²) in [4.78, 5) is 0. The Morgan fingerprint density at radius 3 is 2.32 bits per heavy atom. The van der Waals surface area contributed by atoms with Gasteiger partial charge in [-0.25, -0.2) is 4.39 Å². The van der Waals surface area contributed by atoms with Gasteiger partial charge < -0.3 is 0 Å². The van der Waals surface area contributed by atoms with E-state index in [0.717, 1.165) is 5.56 Å². The van der Waals surface area contributed by atoms with Gasteiger partial charge in [0.25, 0.3) is 0 Å². The fraction of sp³-hybridized carbons (Fsp3) is 0.200. The first-order valence-corrected chi connectivity index (χ1v) is 6.75. The number of halogens is 3.